The number of furan rings is 1. The predicted molar refractivity (Wildman–Crippen MR) is 119 cm³/mol. The first-order chi connectivity index (χ1) is 15.5. The molecular weight excluding hydrogens is 409 g/mol. The van der Waals surface area contributed by atoms with Crippen LogP contribution in [0.25, 0.3) is 33.3 Å². The summed E-state index contributed by atoms with van der Waals surface area (Å²) in [5.41, 5.74) is 2.43. The molecule has 32 heavy (non-hydrogen) atoms. The van der Waals surface area contributed by atoms with Crippen molar-refractivity contribution < 1.29 is 23.4 Å². The number of halogens is 1. The molecule has 0 saturated carbocycles. The molecule has 0 aliphatic heterocycles. The third-order valence-corrected chi connectivity index (χ3v) is 5.42. The number of para-hydroxylation sites is 1. The van der Waals surface area contributed by atoms with E-state index in [2.05, 4.69) is 4.98 Å². The van der Waals surface area contributed by atoms with Gasteiger partial charge >= 0.3 is 5.97 Å². The number of pyridine rings is 1. The molecule has 5 rings (SSSR count). The van der Waals surface area contributed by atoms with Crippen LogP contribution in [0.5, 0.6) is 5.75 Å². The van der Waals surface area contributed by atoms with Crippen LogP contribution in [0.1, 0.15) is 21.5 Å². The summed E-state index contributed by atoms with van der Waals surface area (Å²) >= 11 is 0. The summed E-state index contributed by atoms with van der Waals surface area (Å²) in [6.07, 6.45) is 0. The van der Waals surface area contributed by atoms with Gasteiger partial charge in [0.05, 0.1) is 10.9 Å². The zero-order valence-corrected chi connectivity index (χ0v) is 17.1. The molecular formula is C26H18FNO4. The molecule has 0 fully saturated rings. The molecule has 0 atom stereocenters. The lowest BCUT2D eigenvalue weighted by atomic mass is 10.0. The molecule has 5 aromatic rings. The van der Waals surface area contributed by atoms with E-state index in [-0.39, 0.29) is 34.5 Å². The summed E-state index contributed by atoms with van der Waals surface area (Å²) in [7, 11) is 0. The summed E-state index contributed by atoms with van der Waals surface area (Å²) in [6, 6.07) is 21.0. The van der Waals surface area contributed by atoms with E-state index in [1.807, 2.05) is 61.5 Å². The fraction of sp³-hybridized carbons (Fsp3) is 0.0769. The van der Waals surface area contributed by atoms with E-state index >= 15 is 0 Å². The quantitative estimate of drug-likeness (QED) is 0.353. The van der Waals surface area contributed by atoms with Gasteiger partial charge in [0.15, 0.2) is 5.76 Å². The lowest BCUT2D eigenvalue weighted by Gasteiger charge is -2.13. The number of ether oxygens (including phenoxy) is 1. The number of carbonyl (C=O) groups is 1. The van der Waals surface area contributed by atoms with Gasteiger partial charge in [0.1, 0.15) is 35.0 Å². The summed E-state index contributed by atoms with van der Waals surface area (Å²) in [5.74, 6) is -1.18. The molecule has 2 aromatic heterocycles. The van der Waals surface area contributed by atoms with E-state index in [0.29, 0.717) is 11.3 Å². The predicted octanol–water partition coefficient (Wildman–Crippen LogP) is 6.37. The Balaban J connectivity index is 1.68. The Morgan fingerprint density at radius 1 is 1.06 bits per heavy atom. The van der Waals surface area contributed by atoms with E-state index in [9.17, 15) is 14.3 Å². The first-order valence-corrected chi connectivity index (χ1v) is 10.0. The molecule has 0 radical (unpaired) electrons. The van der Waals surface area contributed by atoms with Crippen molar-refractivity contribution in [3.8, 4) is 17.2 Å². The number of fused-ring (bicyclic) bond motifs is 2. The van der Waals surface area contributed by atoms with E-state index in [4.69, 9.17) is 9.15 Å². The average molecular weight is 427 g/mol. The second kappa shape index (κ2) is 7.81. The monoisotopic (exact) mass is 427 g/mol. The fourth-order valence-corrected chi connectivity index (χ4v) is 3.84. The minimum Gasteiger partial charge on any atom is -0.488 e. The Hall–Kier alpha value is -4.19. The second-order valence-electron chi connectivity index (χ2n) is 7.46. The van der Waals surface area contributed by atoms with Crippen molar-refractivity contribution in [3.63, 3.8) is 0 Å². The highest BCUT2D eigenvalue weighted by atomic mass is 19.1. The van der Waals surface area contributed by atoms with E-state index < -0.39 is 11.8 Å². The van der Waals surface area contributed by atoms with Crippen LogP contribution in [0.4, 0.5) is 4.39 Å². The van der Waals surface area contributed by atoms with Crippen molar-refractivity contribution in [1.29, 1.82) is 0 Å². The van der Waals surface area contributed by atoms with Crippen molar-refractivity contribution in [2.24, 2.45) is 0 Å². The molecule has 0 unspecified atom stereocenters. The molecule has 0 aliphatic rings. The maximum atomic E-state index is 14.8. The number of carboxylic acids is 1. The van der Waals surface area contributed by atoms with Crippen molar-refractivity contribution >= 4 is 27.8 Å². The molecule has 1 N–H and O–H groups in total. The summed E-state index contributed by atoms with van der Waals surface area (Å²) in [4.78, 5) is 16.6. The van der Waals surface area contributed by atoms with Gasteiger partial charge in [-0.1, -0.05) is 48.5 Å². The van der Waals surface area contributed by atoms with Gasteiger partial charge in [-0.25, -0.2) is 14.2 Å². The van der Waals surface area contributed by atoms with Crippen LogP contribution in [0.3, 0.4) is 0 Å². The Labute approximate surface area is 182 Å². The largest absolute Gasteiger partial charge is 0.488 e. The number of aryl methyl sites for hydroxylation is 1. The Kier molecular flexibility index (Phi) is 4.82. The van der Waals surface area contributed by atoms with Crippen molar-refractivity contribution in [2.75, 3.05) is 0 Å². The molecule has 0 aliphatic carbocycles. The smallest absolute Gasteiger partial charge is 0.336 e. The topological polar surface area (TPSA) is 72.6 Å². The van der Waals surface area contributed by atoms with Gasteiger partial charge in [0, 0.05) is 10.9 Å². The highest BCUT2D eigenvalue weighted by molar-refractivity contribution is 6.06. The first kappa shape index (κ1) is 19.8. The zero-order chi connectivity index (χ0) is 22.2. The number of hydrogen-bond acceptors (Lipinski definition) is 4. The minimum absolute atomic E-state index is 0.0784. The number of nitrogens with zero attached hydrogens (tertiary/aromatic N) is 1. The summed E-state index contributed by atoms with van der Waals surface area (Å²) in [6.45, 7) is 2.08. The van der Waals surface area contributed by atoms with Crippen LogP contribution in [-0.2, 0) is 6.61 Å². The standard InChI is InChI=1S/C26H18FNO4/c1-15-17-9-5-6-10-21(17)32-25(15)20-13-18(26(29)30)23-22(12-11-19(27)24(23)28-20)31-14-16-7-3-2-4-8-16/h2-13H,14H2,1H3,(H,29,30). The Morgan fingerprint density at radius 2 is 1.81 bits per heavy atom. The van der Waals surface area contributed by atoms with Crippen LogP contribution in [-0.4, -0.2) is 16.1 Å². The maximum Gasteiger partial charge on any atom is 0.336 e. The molecule has 0 bridgehead atoms. The minimum atomic E-state index is -1.21. The Morgan fingerprint density at radius 3 is 2.56 bits per heavy atom. The number of aromatic nitrogens is 1. The van der Waals surface area contributed by atoms with Crippen molar-refractivity contribution in [3.05, 3.63) is 95.3 Å². The maximum absolute atomic E-state index is 14.8. The number of aromatic carboxylic acids is 1. The lowest BCUT2D eigenvalue weighted by Crippen LogP contribution is -2.04. The molecule has 3 aromatic carbocycles. The number of carboxylic acid groups (broad SMARTS) is 1. The first-order valence-electron chi connectivity index (χ1n) is 10.0. The average Bonchev–Trinajstić information content (AvgIpc) is 3.15. The second-order valence-corrected chi connectivity index (χ2v) is 7.46. The summed E-state index contributed by atoms with van der Waals surface area (Å²) < 4.78 is 26.6. The number of hydrogen-bond donors (Lipinski definition) is 1. The van der Waals surface area contributed by atoms with Crippen molar-refractivity contribution in [1.82, 2.24) is 4.98 Å². The molecule has 2 heterocycles. The zero-order valence-electron chi connectivity index (χ0n) is 17.1. The normalized spacial score (nSPS) is 11.2. The molecule has 158 valence electrons. The van der Waals surface area contributed by atoms with E-state index in [1.54, 1.807) is 0 Å². The van der Waals surface area contributed by atoms with Gasteiger partial charge in [-0.2, -0.15) is 0 Å². The highest BCUT2D eigenvalue weighted by Crippen LogP contribution is 2.37. The molecule has 5 nitrogen and oxygen atoms in total. The number of benzene rings is 3. The van der Waals surface area contributed by atoms with Gasteiger partial charge in [0.2, 0.25) is 0 Å². The van der Waals surface area contributed by atoms with Gasteiger partial charge in [-0.15, -0.1) is 0 Å². The SMILES string of the molecule is Cc1c(-c2cc(C(=O)O)c3c(OCc4ccccc4)ccc(F)c3n2)oc2ccccc12. The van der Waals surface area contributed by atoms with Gasteiger partial charge in [-0.3, -0.25) is 0 Å². The molecule has 0 spiro atoms. The Bertz CT molecular complexity index is 1470. The number of rotatable bonds is 5. The van der Waals surface area contributed by atoms with Crippen LogP contribution >= 0.6 is 0 Å². The lowest BCUT2D eigenvalue weighted by molar-refractivity contribution is 0.0698. The van der Waals surface area contributed by atoms with E-state index in [1.165, 1.54) is 18.2 Å². The van der Waals surface area contributed by atoms with Crippen LogP contribution in [0.2, 0.25) is 0 Å². The third kappa shape index (κ3) is 3.36. The molecule has 0 saturated heterocycles. The van der Waals surface area contributed by atoms with Gasteiger partial charge in [-0.05, 0) is 36.8 Å². The van der Waals surface area contributed by atoms with Crippen LogP contribution in [0, 0.1) is 12.7 Å². The summed E-state index contributed by atoms with van der Waals surface area (Å²) in [5, 5.41) is 10.9. The molecule has 6 heteroatoms. The fourth-order valence-electron chi connectivity index (χ4n) is 3.84. The van der Waals surface area contributed by atoms with Gasteiger partial charge in [0.25, 0.3) is 0 Å². The highest BCUT2D eigenvalue weighted by Gasteiger charge is 2.22. The van der Waals surface area contributed by atoms with Gasteiger partial charge < -0.3 is 14.3 Å². The third-order valence-electron chi connectivity index (χ3n) is 5.42. The molecule has 0 amide bonds. The van der Waals surface area contributed by atoms with Crippen LogP contribution in [0.15, 0.2) is 77.2 Å². The van der Waals surface area contributed by atoms with E-state index in [0.717, 1.165) is 16.5 Å². The van der Waals surface area contributed by atoms with Crippen molar-refractivity contribution in [2.45, 2.75) is 13.5 Å². The van der Waals surface area contributed by atoms with Crippen LogP contribution < -0.4 is 4.74 Å².